The molecule has 1 aliphatic heterocycles. The Morgan fingerprint density at radius 2 is 1.74 bits per heavy atom. The minimum atomic E-state index is -0.212. The maximum Gasteiger partial charge on any atom is 0.123 e. The monoisotopic (exact) mass is 318 g/mol. The van der Waals surface area contributed by atoms with E-state index in [1.807, 2.05) is 24.3 Å². The Bertz CT molecular complexity index is 605. The summed E-state index contributed by atoms with van der Waals surface area (Å²) in [5.41, 5.74) is 6.30. The van der Waals surface area contributed by atoms with Crippen LogP contribution in [0.3, 0.4) is 0 Å². The van der Waals surface area contributed by atoms with E-state index in [-0.39, 0.29) is 11.9 Å². The van der Waals surface area contributed by atoms with E-state index < -0.39 is 0 Å². The summed E-state index contributed by atoms with van der Waals surface area (Å²) in [4.78, 5) is 0. The van der Waals surface area contributed by atoms with Gasteiger partial charge in [0.05, 0.1) is 11.8 Å². The highest BCUT2D eigenvalue weighted by Gasteiger charge is 2.20. The van der Waals surface area contributed by atoms with Crippen LogP contribution in [-0.4, -0.2) is 5.71 Å². The second-order valence-corrected chi connectivity index (χ2v) is 5.42. The standard InChI is InChI=1S/C15H12BrFN2/c16-12-5-1-10(2-6-12)14-9-15(19-18-14)11-3-7-13(17)8-4-11/h1-8,15,19H,9H2. The van der Waals surface area contributed by atoms with Gasteiger partial charge in [-0.25, -0.2) is 4.39 Å². The lowest BCUT2D eigenvalue weighted by Crippen LogP contribution is -2.09. The van der Waals surface area contributed by atoms with Gasteiger partial charge < -0.3 is 5.43 Å². The summed E-state index contributed by atoms with van der Waals surface area (Å²) < 4.78 is 14.0. The average molecular weight is 319 g/mol. The second-order valence-electron chi connectivity index (χ2n) is 4.50. The summed E-state index contributed by atoms with van der Waals surface area (Å²) in [6.07, 6.45) is 0.813. The highest BCUT2D eigenvalue weighted by Crippen LogP contribution is 2.25. The Kier molecular flexibility index (Phi) is 3.34. The summed E-state index contributed by atoms with van der Waals surface area (Å²) >= 11 is 3.42. The van der Waals surface area contributed by atoms with Crippen molar-refractivity contribution < 1.29 is 4.39 Å². The number of hydrogen-bond acceptors (Lipinski definition) is 2. The van der Waals surface area contributed by atoms with Gasteiger partial charge >= 0.3 is 0 Å². The Morgan fingerprint density at radius 3 is 2.42 bits per heavy atom. The van der Waals surface area contributed by atoms with Crippen LogP contribution in [-0.2, 0) is 0 Å². The van der Waals surface area contributed by atoms with Gasteiger partial charge in [-0.3, -0.25) is 0 Å². The zero-order valence-corrected chi connectivity index (χ0v) is 11.7. The predicted octanol–water partition coefficient (Wildman–Crippen LogP) is 4.03. The lowest BCUT2D eigenvalue weighted by atomic mass is 9.99. The molecule has 1 atom stereocenters. The van der Waals surface area contributed by atoms with E-state index in [0.717, 1.165) is 27.7 Å². The molecule has 0 bridgehead atoms. The number of rotatable bonds is 2. The molecule has 0 spiro atoms. The molecule has 1 aliphatic rings. The summed E-state index contributed by atoms with van der Waals surface area (Å²) in [6.45, 7) is 0. The predicted molar refractivity (Wildman–Crippen MR) is 77.6 cm³/mol. The largest absolute Gasteiger partial charge is 0.302 e. The van der Waals surface area contributed by atoms with Gasteiger partial charge in [-0.1, -0.05) is 40.2 Å². The minimum Gasteiger partial charge on any atom is -0.302 e. The van der Waals surface area contributed by atoms with Crippen LogP contribution in [0.5, 0.6) is 0 Å². The lowest BCUT2D eigenvalue weighted by Gasteiger charge is -2.09. The molecule has 0 aromatic heterocycles. The van der Waals surface area contributed by atoms with E-state index in [2.05, 4.69) is 26.5 Å². The molecule has 2 aromatic carbocycles. The van der Waals surface area contributed by atoms with Crippen molar-refractivity contribution in [3.8, 4) is 0 Å². The van der Waals surface area contributed by atoms with Crippen LogP contribution in [0.2, 0.25) is 0 Å². The van der Waals surface area contributed by atoms with Crippen molar-refractivity contribution in [1.29, 1.82) is 0 Å². The third-order valence-electron chi connectivity index (χ3n) is 3.20. The third-order valence-corrected chi connectivity index (χ3v) is 3.73. The van der Waals surface area contributed by atoms with Gasteiger partial charge in [0.2, 0.25) is 0 Å². The minimum absolute atomic E-state index is 0.124. The number of nitrogens with one attached hydrogen (secondary N) is 1. The highest BCUT2D eigenvalue weighted by molar-refractivity contribution is 9.10. The maximum absolute atomic E-state index is 12.9. The first-order chi connectivity index (χ1) is 9.22. The molecular formula is C15H12BrFN2. The molecule has 1 unspecified atom stereocenters. The number of hydrogen-bond donors (Lipinski definition) is 1. The molecule has 2 nitrogen and oxygen atoms in total. The average Bonchev–Trinajstić information content (AvgIpc) is 2.90. The van der Waals surface area contributed by atoms with Gasteiger partial charge in [0, 0.05) is 10.9 Å². The quantitative estimate of drug-likeness (QED) is 0.888. The van der Waals surface area contributed by atoms with Gasteiger partial charge in [-0.05, 0) is 35.4 Å². The fraction of sp³-hybridized carbons (Fsp3) is 0.133. The number of nitrogens with zero attached hydrogens (tertiary/aromatic N) is 1. The molecule has 2 aromatic rings. The van der Waals surface area contributed by atoms with Crippen LogP contribution in [0.15, 0.2) is 58.1 Å². The Hall–Kier alpha value is -1.68. The first-order valence-corrected chi connectivity index (χ1v) is 6.85. The third kappa shape index (κ3) is 2.68. The van der Waals surface area contributed by atoms with E-state index in [1.165, 1.54) is 12.1 Å². The molecule has 1 heterocycles. The summed E-state index contributed by atoms with van der Waals surface area (Å²) in [6, 6.07) is 14.8. The van der Waals surface area contributed by atoms with Crippen LogP contribution in [0.25, 0.3) is 0 Å². The van der Waals surface area contributed by atoms with Gasteiger partial charge in [-0.15, -0.1) is 0 Å². The molecular weight excluding hydrogens is 307 g/mol. The molecule has 0 saturated heterocycles. The number of halogens is 2. The molecule has 96 valence electrons. The molecule has 19 heavy (non-hydrogen) atoms. The van der Waals surface area contributed by atoms with Crippen molar-refractivity contribution in [1.82, 2.24) is 5.43 Å². The van der Waals surface area contributed by atoms with Crippen molar-refractivity contribution in [3.05, 3.63) is 69.9 Å². The van der Waals surface area contributed by atoms with Crippen molar-refractivity contribution >= 4 is 21.6 Å². The van der Waals surface area contributed by atoms with Crippen molar-refractivity contribution in [2.75, 3.05) is 0 Å². The molecule has 0 fully saturated rings. The van der Waals surface area contributed by atoms with Gasteiger partial charge in [0.25, 0.3) is 0 Å². The fourth-order valence-electron chi connectivity index (χ4n) is 2.15. The van der Waals surface area contributed by atoms with Gasteiger partial charge in [0.15, 0.2) is 0 Å². The first kappa shape index (κ1) is 12.4. The number of benzene rings is 2. The van der Waals surface area contributed by atoms with E-state index in [4.69, 9.17) is 0 Å². The normalized spacial score (nSPS) is 18.0. The summed E-state index contributed by atoms with van der Waals surface area (Å²) in [5.74, 6) is -0.212. The molecule has 4 heteroatoms. The fourth-order valence-corrected chi connectivity index (χ4v) is 2.42. The van der Waals surface area contributed by atoms with Crippen molar-refractivity contribution in [3.63, 3.8) is 0 Å². The zero-order chi connectivity index (χ0) is 13.2. The summed E-state index contributed by atoms with van der Waals surface area (Å²) in [5, 5.41) is 4.37. The SMILES string of the molecule is Fc1ccc(C2CC(c3ccc(Br)cc3)=NN2)cc1. The Morgan fingerprint density at radius 1 is 1.05 bits per heavy atom. The molecule has 0 saturated carbocycles. The van der Waals surface area contributed by atoms with E-state index in [0.29, 0.717) is 0 Å². The van der Waals surface area contributed by atoms with Crippen molar-refractivity contribution in [2.24, 2.45) is 5.10 Å². The smallest absolute Gasteiger partial charge is 0.123 e. The van der Waals surface area contributed by atoms with Crippen LogP contribution in [0.1, 0.15) is 23.6 Å². The topological polar surface area (TPSA) is 24.4 Å². The van der Waals surface area contributed by atoms with Crippen LogP contribution >= 0.6 is 15.9 Å². The van der Waals surface area contributed by atoms with Crippen molar-refractivity contribution in [2.45, 2.75) is 12.5 Å². The van der Waals surface area contributed by atoms with Crippen LogP contribution in [0.4, 0.5) is 4.39 Å². The van der Waals surface area contributed by atoms with E-state index in [9.17, 15) is 4.39 Å². The Balaban J connectivity index is 1.76. The second kappa shape index (κ2) is 5.13. The molecule has 0 aliphatic carbocycles. The highest BCUT2D eigenvalue weighted by atomic mass is 79.9. The molecule has 1 N–H and O–H groups in total. The zero-order valence-electron chi connectivity index (χ0n) is 10.1. The lowest BCUT2D eigenvalue weighted by molar-refractivity contribution is 0.607. The van der Waals surface area contributed by atoms with Gasteiger partial charge in [-0.2, -0.15) is 5.10 Å². The van der Waals surface area contributed by atoms with Crippen LogP contribution in [0, 0.1) is 5.82 Å². The molecule has 0 amide bonds. The van der Waals surface area contributed by atoms with E-state index in [1.54, 1.807) is 12.1 Å². The van der Waals surface area contributed by atoms with E-state index >= 15 is 0 Å². The number of hydrazone groups is 1. The molecule has 0 radical (unpaired) electrons. The van der Waals surface area contributed by atoms with Gasteiger partial charge in [0.1, 0.15) is 5.82 Å². The molecule has 3 rings (SSSR count). The maximum atomic E-state index is 12.9. The first-order valence-electron chi connectivity index (χ1n) is 6.06. The van der Waals surface area contributed by atoms with Crippen LogP contribution < -0.4 is 5.43 Å². The Labute approximate surface area is 119 Å². The summed E-state index contributed by atoms with van der Waals surface area (Å²) in [7, 11) is 0.